The van der Waals surface area contributed by atoms with Crippen molar-refractivity contribution in [3.63, 3.8) is 0 Å². The van der Waals surface area contributed by atoms with Gasteiger partial charge < -0.3 is 9.47 Å². The summed E-state index contributed by atoms with van der Waals surface area (Å²) in [4.78, 5) is 23.7. The maximum absolute atomic E-state index is 12.1. The quantitative estimate of drug-likeness (QED) is 0.350. The Kier molecular flexibility index (Phi) is 6.33. The number of carbonyl (C=O) groups is 2. The van der Waals surface area contributed by atoms with Crippen molar-refractivity contribution in [2.75, 3.05) is 6.61 Å². The Labute approximate surface area is 150 Å². The monoisotopic (exact) mass is 355 g/mol. The number of hydrogen-bond acceptors (Lipinski definition) is 5. The Morgan fingerprint density at radius 2 is 1.92 bits per heavy atom. The van der Waals surface area contributed by atoms with E-state index in [-0.39, 0.29) is 17.9 Å². The molecule has 0 aromatic heterocycles. The topological polar surface area (TPSA) is 76.4 Å². The summed E-state index contributed by atoms with van der Waals surface area (Å²) in [7, 11) is 0. The van der Waals surface area contributed by atoms with Crippen LogP contribution in [-0.2, 0) is 9.53 Å². The van der Waals surface area contributed by atoms with Gasteiger partial charge in [0, 0.05) is 5.02 Å². The lowest BCUT2D eigenvalue weighted by Gasteiger charge is -2.06. The second-order valence-electron chi connectivity index (χ2n) is 4.86. The molecule has 0 N–H and O–H groups in total. The van der Waals surface area contributed by atoms with Crippen molar-refractivity contribution in [3.8, 4) is 11.8 Å². The zero-order chi connectivity index (χ0) is 18.2. The molecule has 0 fully saturated rings. The Morgan fingerprint density at radius 1 is 1.20 bits per heavy atom. The summed E-state index contributed by atoms with van der Waals surface area (Å²) in [6.07, 6.45) is 1.37. The van der Waals surface area contributed by atoms with Crippen LogP contribution in [-0.4, -0.2) is 18.5 Å². The van der Waals surface area contributed by atoms with Crippen LogP contribution in [0.3, 0.4) is 0 Å². The second-order valence-corrected chi connectivity index (χ2v) is 5.30. The van der Waals surface area contributed by atoms with Crippen LogP contribution in [0.15, 0.2) is 54.1 Å². The van der Waals surface area contributed by atoms with E-state index in [1.54, 1.807) is 61.5 Å². The number of carbonyl (C=O) groups excluding carboxylic acids is 2. The van der Waals surface area contributed by atoms with Gasteiger partial charge in [-0.25, -0.2) is 9.59 Å². The molecule has 0 heterocycles. The van der Waals surface area contributed by atoms with E-state index in [0.717, 1.165) is 0 Å². The van der Waals surface area contributed by atoms with Crippen LogP contribution >= 0.6 is 11.6 Å². The zero-order valence-corrected chi connectivity index (χ0v) is 14.1. The molecular weight excluding hydrogens is 342 g/mol. The molecule has 0 saturated heterocycles. The van der Waals surface area contributed by atoms with Gasteiger partial charge in [0.2, 0.25) is 0 Å². The van der Waals surface area contributed by atoms with Crippen molar-refractivity contribution in [2.24, 2.45) is 0 Å². The smallest absolute Gasteiger partial charge is 0.348 e. The van der Waals surface area contributed by atoms with E-state index in [2.05, 4.69) is 0 Å². The molecule has 25 heavy (non-hydrogen) atoms. The molecule has 2 aromatic carbocycles. The number of rotatable bonds is 5. The fourth-order valence-corrected chi connectivity index (χ4v) is 2.06. The van der Waals surface area contributed by atoms with E-state index in [4.69, 9.17) is 26.3 Å². The summed E-state index contributed by atoms with van der Waals surface area (Å²) in [5.41, 5.74) is 0.753. The zero-order valence-electron chi connectivity index (χ0n) is 13.4. The minimum atomic E-state index is -0.700. The molecule has 0 amide bonds. The van der Waals surface area contributed by atoms with Crippen LogP contribution in [0.5, 0.6) is 5.75 Å². The molecule has 126 valence electrons. The molecular formula is C19H14ClNO4. The normalized spacial score (nSPS) is 10.7. The van der Waals surface area contributed by atoms with E-state index in [1.807, 2.05) is 0 Å². The molecule has 5 nitrogen and oxygen atoms in total. The first-order valence-corrected chi connectivity index (χ1v) is 7.78. The van der Waals surface area contributed by atoms with Crippen LogP contribution in [0.4, 0.5) is 0 Å². The van der Waals surface area contributed by atoms with Gasteiger partial charge in [-0.3, -0.25) is 0 Å². The molecule has 0 saturated carbocycles. The van der Waals surface area contributed by atoms with Crippen molar-refractivity contribution < 1.29 is 19.1 Å². The predicted molar refractivity (Wildman–Crippen MR) is 93.1 cm³/mol. The minimum absolute atomic E-state index is 0.136. The van der Waals surface area contributed by atoms with E-state index in [9.17, 15) is 9.59 Å². The number of nitriles is 1. The minimum Gasteiger partial charge on any atom is -0.462 e. The molecule has 0 atom stereocenters. The Balaban J connectivity index is 2.18. The van der Waals surface area contributed by atoms with Crippen molar-refractivity contribution >= 4 is 29.6 Å². The molecule has 0 aliphatic rings. The van der Waals surface area contributed by atoms with Gasteiger partial charge >= 0.3 is 11.9 Å². The van der Waals surface area contributed by atoms with Gasteiger partial charge in [-0.05, 0) is 55.0 Å². The maximum Gasteiger partial charge on any atom is 0.348 e. The average molecular weight is 356 g/mol. The van der Waals surface area contributed by atoms with Gasteiger partial charge in [0.15, 0.2) is 0 Å². The number of benzene rings is 2. The largest absolute Gasteiger partial charge is 0.462 e. The van der Waals surface area contributed by atoms with Crippen molar-refractivity contribution in [2.45, 2.75) is 6.92 Å². The number of hydrogen-bond donors (Lipinski definition) is 0. The predicted octanol–water partition coefficient (Wildman–Crippen LogP) is 4.03. The summed E-state index contributed by atoms with van der Waals surface area (Å²) >= 11 is 5.78. The average Bonchev–Trinajstić information content (AvgIpc) is 2.60. The highest BCUT2D eigenvalue weighted by molar-refractivity contribution is 6.30. The first-order valence-electron chi connectivity index (χ1n) is 7.40. The lowest BCUT2D eigenvalue weighted by molar-refractivity contribution is -0.137. The highest BCUT2D eigenvalue weighted by Crippen LogP contribution is 2.18. The van der Waals surface area contributed by atoms with Crippen molar-refractivity contribution in [1.82, 2.24) is 0 Å². The summed E-state index contributed by atoms with van der Waals surface area (Å²) in [5, 5.41) is 9.57. The van der Waals surface area contributed by atoms with E-state index in [0.29, 0.717) is 16.1 Å². The fourth-order valence-electron chi connectivity index (χ4n) is 1.93. The first kappa shape index (κ1) is 18.2. The van der Waals surface area contributed by atoms with E-state index >= 15 is 0 Å². The summed E-state index contributed by atoms with van der Waals surface area (Å²) in [6.45, 7) is 1.83. The third kappa shape index (κ3) is 5.20. The summed E-state index contributed by atoms with van der Waals surface area (Å²) < 4.78 is 10.1. The lowest BCUT2D eigenvalue weighted by Crippen LogP contribution is -2.08. The summed E-state index contributed by atoms with van der Waals surface area (Å²) in [5.74, 6) is -0.952. The summed E-state index contributed by atoms with van der Waals surface area (Å²) in [6, 6.07) is 14.6. The lowest BCUT2D eigenvalue weighted by atomic mass is 10.1. The van der Waals surface area contributed by atoms with Gasteiger partial charge in [0.1, 0.15) is 17.4 Å². The van der Waals surface area contributed by atoms with Crippen LogP contribution < -0.4 is 4.74 Å². The molecule has 0 spiro atoms. The second kappa shape index (κ2) is 8.67. The highest BCUT2D eigenvalue weighted by atomic mass is 35.5. The standard InChI is InChI=1S/C19H14ClNO4/c1-2-24-18(22)15(12-21)10-13-4-3-5-17(11-13)25-19(23)14-6-8-16(20)9-7-14/h3-11H,2H2,1H3/b15-10+. The van der Waals surface area contributed by atoms with Gasteiger partial charge in [-0.1, -0.05) is 23.7 Å². The van der Waals surface area contributed by atoms with E-state index < -0.39 is 11.9 Å². The number of esters is 2. The molecule has 6 heteroatoms. The number of ether oxygens (including phenoxy) is 2. The maximum atomic E-state index is 12.1. The van der Waals surface area contributed by atoms with Gasteiger partial charge in [-0.2, -0.15) is 5.26 Å². The molecule has 0 aliphatic heterocycles. The Bertz CT molecular complexity index is 850. The van der Waals surface area contributed by atoms with Crippen LogP contribution in [0.2, 0.25) is 5.02 Å². The molecule has 0 radical (unpaired) electrons. The van der Waals surface area contributed by atoms with Crippen molar-refractivity contribution in [1.29, 1.82) is 5.26 Å². The van der Waals surface area contributed by atoms with E-state index in [1.165, 1.54) is 6.08 Å². The van der Waals surface area contributed by atoms with Gasteiger partial charge in [-0.15, -0.1) is 0 Å². The third-order valence-corrected chi connectivity index (χ3v) is 3.33. The Morgan fingerprint density at radius 3 is 2.56 bits per heavy atom. The van der Waals surface area contributed by atoms with Crippen molar-refractivity contribution in [3.05, 3.63) is 70.3 Å². The van der Waals surface area contributed by atoms with Crippen LogP contribution in [0.1, 0.15) is 22.8 Å². The first-order chi connectivity index (χ1) is 12.0. The molecule has 0 aliphatic carbocycles. The van der Waals surface area contributed by atoms with Crippen LogP contribution in [0, 0.1) is 11.3 Å². The SMILES string of the molecule is CCOC(=O)/C(C#N)=C/c1cccc(OC(=O)c2ccc(Cl)cc2)c1. The van der Waals surface area contributed by atoms with Gasteiger partial charge in [0.25, 0.3) is 0 Å². The highest BCUT2D eigenvalue weighted by Gasteiger charge is 2.11. The fraction of sp³-hybridized carbons (Fsp3) is 0.105. The third-order valence-electron chi connectivity index (χ3n) is 3.08. The van der Waals surface area contributed by atoms with Crippen LogP contribution in [0.25, 0.3) is 6.08 Å². The molecule has 2 rings (SSSR count). The number of nitrogens with zero attached hydrogens (tertiary/aromatic N) is 1. The number of halogens is 1. The molecule has 2 aromatic rings. The molecule has 0 bridgehead atoms. The van der Waals surface area contributed by atoms with Gasteiger partial charge in [0.05, 0.1) is 12.2 Å². The molecule has 0 unspecified atom stereocenters. The Hall–Kier alpha value is -3.10.